The second kappa shape index (κ2) is 11.8. The Labute approximate surface area is 213 Å². The lowest BCUT2D eigenvalue weighted by Gasteiger charge is -2.09. The van der Waals surface area contributed by atoms with Crippen molar-refractivity contribution < 1.29 is 9.53 Å². The number of aryl methyl sites for hydroxylation is 2. The molecule has 2 heterocycles. The van der Waals surface area contributed by atoms with Gasteiger partial charge in [-0.1, -0.05) is 67.2 Å². The molecule has 0 unspecified atom stereocenters. The predicted molar refractivity (Wildman–Crippen MR) is 142 cm³/mol. The molecule has 4 aromatic rings. The van der Waals surface area contributed by atoms with Gasteiger partial charge >= 0.3 is 0 Å². The summed E-state index contributed by atoms with van der Waals surface area (Å²) in [5.74, 6) is 1.49. The fourth-order valence-electron chi connectivity index (χ4n) is 3.41. The van der Waals surface area contributed by atoms with E-state index in [1.54, 1.807) is 6.08 Å². The first-order valence-corrected chi connectivity index (χ1v) is 13.1. The number of thiazole rings is 1. The average molecular weight is 506 g/mol. The predicted octanol–water partition coefficient (Wildman–Crippen LogP) is 5.77. The number of carbonyl (C=O) groups excluding carboxylic acids is 1. The number of allylic oxidation sites excluding steroid dienone is 1. The van der Waals surface area contributed by atoms with Gasteiger partial charge in [0.25, 0.3) is 0 Å². The Balaban J connectivity index is 1.36. The third-order valence-electron chi connectivity index (χ3n) is 5.23. The summed E-state index contributed by atoms with van der Waals surface area (Å²) in [5.41, 5.74) is 3.18. The average Bonchev–Trinajstić information content (AvgIpc) is 3.44. The first-order chi connectivity index (χ1) is 17.1. The van der Waals surface area contributed by atoms with Crippen LogP contribution in [0.2, 0.25) is 0 Å². The van der Waals surface area contributed by atoms with Crippen LogP contribution in [-0.4, -0.2) is 31.4 Å². The number of ether oxygens (including phenoxy) is 1. The summed E-state index contributed by atoms with van der Waals surface area (Å²) in [6.07, 6.45) is 2.76. The maximum atomic E-state index is 12.6. The van der Waals surface area contributed by atoms with Gasteiger partial charge in [0.05, 0.1) is 11.4 Å². The zero-order valence-corrected chi connectivity index (χ0v) is 21.4. The summed E-state index contributed by atoms with van der Waals surface area (Å²) >= 11 is 2.79. The first-order valence-electron chi connectivity index (χ1n) is 11.3. The number of hydrogen-bond donors (Lipinski definition) is 1. The second-order valence-corrected chi connectivity index (χ2v) is 9.86. The van der Waals surface area contributed by atoms with Crippen molar-refractivity contribution >= 4 is 34.1 Å². The van der Waals surface area contributed by atoms with Gasteiger partial charge < -0.3 is 10.1 Å². The third-order valence-corrected chi connectivity index (χ3v) is 7.08. The van der Waals surface area contributed by atoms with Gasteiger partial charge in [-0.2, -0.15) is 0 Å². The van der Waals surface area contributed by atoms with Crippen molar-refractivity contribution in [1.29, 1.82) is 0 Å². The van der Waals surface area contributed by atoms with Crippen LogP contribution in [0.5, 0.6) is 5.75 Å². The van der Waals surface area contributed by atoms with E-state index in [4.69, 9.17) is 4.74 Å². The molecule has 0 aliphatic carbocycles. The quantitative estimate of drug-likeness (QED) is 0.206. The summed E-state index contributed by atoms with van der Waals surface area (Å²) in [7, 11) is 0. The molecule has 35 heavy (non-hydrogen) atoms. The zero-order valence-electron chi connectivity index (χ0n) is 19.7. The lowest BCUT2D eigenvalue weighted by atomic mass is 10.1. The molecule has 0 radical (unpaired) electrons. The zero-order chi connectivity index (χ0) is 24.6. The molecular weight excluding hydrogens is 478 g/mol. The molecule has 0 atom stereocenters. The Bertz CT molecular complexity index is 1280. The molecule has 0 aliphatic heterocycles. The maximum absolute atomic E-state index is 12.6. The van der Waals surface area contributed by atoms with E-state index in [-0.39, 0.29) is 18.3 Å². The Hall–Kier alpha value is -3.43. The number of rotatable bonds is 11. The third kappa shape index (κ3) is 6.37. The Morgan fingerprint density at radius 3 is 2.66 bits per heavy atom. The van der Waals surface area contributed by atoms with E-state index in [1.165, 1.54) is 28.7 Å². The van der Waals surface area contributed by atoms with Gasteiger partial charge in [-0.25, -0.2) is 4.98 Å². The normalized spacial score (nSPS) is 10.8. The number of amides is 1. The van der Waals surface area contributed by atoms with E-state index in [0.29, 0.717) is 22.7 Å². The van der Waals surface area contributed by atoms with Crippen molar-refractivity contribution in [2.24, 2.45) is 0 Å². The summed E-state index contributed by atoms with van der Waals surface area (Å²) in [4.78, 5) is 18.3. The monoisotopic (exact) mass is 505 g/mol. The molecular formula is C26H27N5O2S2. The van der Waals surface area contributed by atoms with Crippen LogP contribution in [-0.2, 0) is 24.4 Å². The molecule has 7 nitrogen and oxygen atoms in total. The standard InChI is InChI=1S/C26H27N5O2S2/c1-4-15-31-22(16-33-21-13-11-19(5-2)12-14-21)29-30-26(31)34-17-23(32)27-25-28-24(18(3)35-25)20-9-7-6-8-10-20/h4,6-14H,1,5,15-17H2,2-3H3,(H,27,28,32). The number of benzene rings is 2. The Morgan fingerprint density at radius 1 is 1.17 bits per heavy atom. The minimum absolute atomic E-state index is 0.148. The highest BCUT2D eigenvalue weighted by Gasteiger charge is 2.16. The van der Waals surface area contributed by atoms with Gasteiger partial charge in [0.2, 0.25) is 5.91 Å². The van der Waals surface area contributed by atoms with Crippen LogP contribution in [0.25, 0.3) is 11.3 Å². The van der Waals surface area contributed by atoms with E-state index in [1.807, 2.05) is 54.0 Å². The number of carbonyl (C=O) groups is 1. The fraction of sp³-hybridized carbons (Fsp3) is 0.231. The van der Waals surface area contributed by atoms with Crippen molar-refractivity contribution in [2.45, 2.75) is 38.6 Å². The molecule has 0 spiro atoms. The minimum atomic E-state index is -0.148. The smallest absolute Gasteiger partial charge is 0.236 e. The largest absolute Gasteiger partial charge is 0.486 e. The van der Waals surface area contributed by atoms with Crippen LogP contribution in [0.1, 0.15) is 23.2 Å². The number of nitrogens with one attached hydrogen (secondary N) is 1. The maximum Gasteiger partial charge on any atom is 0.236 e. The molecule has 0 saturated heterocycles. The van der Waals surface area contributed by atoms with E-state index >= 15 is 0 Å². The van der Waals surface area contributed by atoms with Crippen molar-refractivity contribution in [3.8, 4) is 17.0 Å². The number of aromatic nitrogens is 4. The van der Waals surface area contributed by atoms with E-state index in [9.17, 15) is 4.79 Å². The second-order valence-electron chi connectivity index (χ2n) is 7.71. The molecule has 9 heteroatoms. The Kier molecular flexibility index (Phi) is 8.33. The molecule has 180 valence electrons. The van der Waals surface area contributed by atoms with Gasteiger partial charge in [0, 0.05) is 17.0 Å². The van der Waals surface area contributed by atoms with Gasteiger partial charge in [0.15, 0.2) is 16.1 Å². The molecule has 0 bridgehead atoms. The molecule has 0 aliphatic rings. The number of nitrogens with zero attached hydrogens (tertiary/aromatic N) is 4. The van der Waals surface area contributed by atoms with Crippen LogP contribution in [0, 0.1) is 6.92 Å². The molecule has 1 amide bonds. The van der Waals surface area contributed by atoms with Gasteiger partial charge in [-0.15, -0.1) is 28.1 Å². The lowest BCUT2D eigenvalue weighted by Crippen LogP contribution is -2.15. The molecule has 0 fully saturated rings. The summed E-state index contributed by atoms with van der Waals surface area (Å²) < 4.78 is 7.80. The van der Waals surface area contributed by atoms with Gasteiger partial charge in [-0.05, 0) is 31.0 Å². The molecule has 0 saturated carbocycles. The van der Waals surface area contributed by atoms with Crippen LogP contribution < -0.4 is 10.1 Å². The highest BCUT2D eigenvalue weighted by atomic mass is 32.2. The van der Waals surface area contributed by atoms with Gasteiger partial charge in [0.1, 0.15) is 12.4 Å². The highest BCUT2D eigenvalue weighted by Crippen LogP contribution is 2.30. The highest BCUT2D eigenvalue weighted by molar-refractivity contribution is 7.99. The summed E-state index contributed by atoms with van der Waals surface area (Å²) in [5, 5.41) is 12.7. The van der Waals surface area contributed by atoms with E-state index < -0.39 is 0 Å². The summed E-state index contributed by atoms with van der Waals surface area (Å²) in [6, 6.07) is 18.0. The first kappa shape index (κ1) is 24.7. The van der Waals surface area contributed by atoms with E-state index in [0.717, 1.165) is 28.3 Å². The van der Waals surface area contributed by atoms with Crippen LogP contribution in [0.4, 0.5) is 5.13 Å². The SMILES string of the molecule is C=CCn1c(COc2ccc(CC)cc2)nnc1SCC(=O)Nc1nc(-c2ccccc2)c(C)s1. The molecule has 4 rings (SSSR count). The Morgan fingerprint density at radius 2 is 1.94 bits per heavy atom. The van der Waals surface area contributed by atoms with Crippen molar-refractivity contribution in [3.05, 3.63) is 83.5 Å². The van der Waals surface area contributed by atoms with E-state index in [2.05, 4.69) is 46.1 Å². The fourth-order valence-corrected chi connectivity index (χ4v) is 5.03. The van der Waals surface area contributed by atoms with Crippen LogP contribution in [0.15, 0.2) is 72.4 Å². The van der Waals surface area contributed by atoms with Crippen LogP contribution in [0.3, 0.4) is 0 Å². The van der Waals surface area contributed by atoms with Crippen LogP contribution >= 0.6 is 23.1 Å². The number of anilines is 1. The van der Waals surface area contributed by atoms with Crippen molar-refractivity contribution in [2.75, 3.05) is 11.1 Å². The van der Waals surface area contributed by atoms with Crippen molar-refractivity contribution in [3.63, 3.8) is 0 Å². The minimum Gasteiger partial charge on any atom is -0.486 e. The molecule has 2 aromatic heterocycles. The van der Waals surface area contributed by atoms with Gasteiger partial charge in [-0.3, -0.25) is 9.36 Å². The topological polar surface area (TPSA) is 81.9 Å². The lowest BCUT2D eigenvalue weighted by molar-refractivity contribution is -0.113. The number of hydrogen-bond acceptors (Lipinski definition) is 7. The number of thioether (sulfide) groups is 1. The molecule has 1 N–H and O–H groups in total. The van der Waals surface area contributed by atoms with Crippen molar-refractivity contribution in [1.82, 2.24) is 19.7 Å². The summed E-state index contributed by atoms with van der Waals surface area (Å²) in [6.45, 7) is 8.75. The molecule has 2 aromatic carbocycles.